The van der Waals surface area contributed by atoms with Gasteiger partial charge in [0.25, 0.3) is 0 Å². The molecule has 1 unspecified atom stereocenters. The lowest BCUT2D eigenvalue weighted by Gasteiger charge is -2.33. The lowest BCUT2D eigenvalue weighted by Crippen LogP contribution is -2.50. The van der Waals surface area contributed by atoms with Gasteiger partial charge in [0.2, 0.25) is 11.8 Å². The molecule has 0 saturated carbocycles. The molecule has 0 bridgehead atoms. The van der Waals surface area contributed by atoms with Gasteiger partial charge in [-0.2, -0.15) is 0 Å². The molecule has 0 radical (unpaired) electrons. The Morgan fingerprint density at radius 3 is 2.67 bits per heavy atom. The van der Waals surface area contributed by atoms with Gasteiger partial charge in [-0.3, -0.25) is 9.59 Å². The minimum atomic E-state index is -0.424. The van der Waals surface area contributed by atoms with E-state index in [-0.39, 0.29) is 5.91 Å². The molecular formula is C15H19ClN2O2S. The predicted molar refractivity (Wildman–Crippen MR) is 85.3 cm³/mol. The Morgan fingerprint density at radius 2 is 2.00 bits per heavy atom. The normalized spacial score (nSPS) is 18.5. The van der Waals surface area contributed by atoms with Crippen molar-refractivity contribution in [2.45, 2.75) is 36.6 Å². The van der Waals surface area contributed by atoms with Gasteiger partial charge in [-0.25, -0.2) is 0 Å². The summed E-state index contributed by atoms with van der Waals surface area (Å²) in [5.74, 6) is 0.302. The zero-order valence-electron chi connectivity index (χ0n) is 11.8. The van der Waals surface area contributed by atoms with E-state index in [2.05, 4.69) is 0 Å². The van der Waals surface area contributed by atoms with Crippen molar-refractivity contribution in [2.24, 2.45) is 5.73 Å². The Labute approximate surface area is 134 Å². The van der Waals surface area contributed by atoms with Crippen LogP contribution >= 0.6 is 23.4 Å². The van der Waals surface area contributed by atoms with E-state index >= 15 is 0 Å². The Hall–Kier alpha value is -1.20. The maximum atomic E-state index is 12.2. The number of amides is 2. The van der Waals surface area contributed by atoms with Crippen molar-refractivity contribution in [3.8, 4) is 0 Å². The van der Waals surface area contributed by atoms with Crippen molar-refractivity contribution in [1.29, 1.82) is 0 Å². The third-order valence-electron chi connectivity index (χ3n) is 3.55. The molecule has 0 spiro atoms. The molecule has 1 aliphatic heterocycles. The second-order valence-corrected chi connectivity index (χ2v) is 6.66. The molecule has 1 heterocycles. The summed E-state index contributed by atoms with van der Waals surface area (Å²) in [7, 11) is 0. The summed E-state index contributed by atoms with van der Waals surface area (Å²) in [4.78, 5) is 26.4. The summed E-state index contributed by atoms with van der Waals surface area (Å²) in [5, 5.41) is 0.702. The predicted octanol–water partition coefficient (Wildman–Crippen LogP) is 2.69. The van der Waals surface area contributed by atoms with Gasteiger partial charge < -0.3 is 10.6 Å². The van der Waals surface area contributed by atoms with Crippen LogP contribution in [0.1, 0.15) is 25.7 Å². The van der Waals surface area contributed by atoms with E-state index in [9.17, 15) is 9.59 Å². The van der Waals surface area contributed by atoms with Crippen LogP contribution in [-0.4, -0.2) is 35.1 Å². The molecule has 0 aliphatic carbocycles. The standard InChI is InChI=1S/C15H19ClN2O2S/c16-11-4-6-12(7-5-11)21-10-8-14(19)18-9-2-1-3-13(18)15(17)20/h4-7,13H,1-3,8-10H2,(H2,17,20). The van der Waals surface area contributed by atoms with E-state index in [1.54, 1.807) is 16.7 Å². The van der Waals surface area contributed by atoms with Crippen LogP contribution in [0.3, 0.4) is 0 Å². The fourth-order valence-electron chi connectivity index (χ4n) is 2.46. The number of benzene rings is 1. The lowest BCUT2D eigenvalue weighted by atomic mass is 10.0. The number of likely N-dealkylation sites (tertiary alicyclic amines) is 1. The van der Waals surface area contributed by atoms with Crippen molar-refractivity contribution in [1.82, 2.24) is 4.90 Å². The molecule has 1 saturated heterocycles. The molecular weight excluding hydrogens is 308 g/mol. The molecule has 4 nitrogen and oxygen atoms in total. The van der Waals surface area contributed by atoms with E-state index in [1.165, 1.54) is 0 Å². The summed E-state index contributed by atoms with van der Waals surface area (Å²) in [6.07, 6.45) is 3.00. The molecule has 1 atom stereocenters. The number of hydrogen-bond acceptors (Lipinski definition) is 3. The molecule has 2 amide bonds. The summed E-state index contributed by atoms with van der Waals surface area (Å²) >= 11 is 7.44. The highest BCUT2D eigenvalue weighted by molar-refractivity contribution is 7.99. The third kappa shape index (κ3) is 4.64. The lowest BCUT2D eigenvalue weighted by molar-refractivity contribution is -0.140. The zero-order valence-corrected chi connectivity index (χ0v) is 13.3. The average molecular weight is 327 g/mol. The van der Waals surface area contributed by atoms with Gasteiger partial charge in [0, 0.05) is 28.6 Å². The third-order valence-corrected chi connectivity index (χ3v) is 4.82. The Bertz CT molecular complexity index is 507. The number of primary amides is 1. The zero-order chi connectivity index (χ0) is 15.2. The first-order chi connectivity index (χ1) is 10.1. The number of nitrogens with two attached hydrogens (primary N) is 1. The number of hydrogen-bond donors (Lipinski definition) is 1. The Morgan fingerprint density at radius 1 is 1.29 bits per heavy atom. The smallest absolute Gasteiger partial charge is 0.240 e. The molecule has 21 heavy (non-hydrogen) atoms. The summed E-state index contributed by atoms with van der Waals surface area (Å²) in [6.45, 7) is 0.637. The van der Waals surface area contributed by atoms with Crippen LogP contribution in [0.25, 0.3) is 0 Å². The van der Waals surface area contributed by atoms with Gasteiger partial charge >= 0.3 is 0 Å². The molecule has 1 aliphatic rings. The average Bonchev–Trinajstić information content (AvgIpc) is 2.49. The van der Waals surface area contributed by atoms with Gasteiger partial charge in [0.15, 0.2) is 0 Å². The molecule has 1 aromatic carbocycles. The molecule has 6 heteroatoms. The highest BCUT2D eigenvalue weighted by Crippen LogP contribution is 2.23. The monoisotopic (exact) mass is 326 g/mol. The van der Waals surface area contributed by atoms with Gasteiger partial charge in [-0.05, 0) is 43.5 Å². The van der Waals surface area contributed by atoms with Crippen molar-refractivity contribution in [3.63, 3.8) is 0 Å². The fraction of sp³-hybridized carbons (Fsp3) is 0.467. The molecule has 2 N–H and O–H groups in total. The summed E-state index contributed by atoms with van der Waals surface area (Å²) in [5.41, 5.74) is 5.38. The van der Waals surface area contributed by atoms with E-state index < -0.39 is 11.9 Å². The van der Waals surface area contributed by atoms with Crippen LogP contribution in [0.2, 0.25) is 5.02 Å². The van der Waals surface area contributed by atoms with E-state index in [0.29, 0.717) is 30.2 Å². The molecule has 1 aromatic rings. The number of rotatable bonds is 5. The van der Waals surface area contributed by atoms with Crippen LogP contribution in [-0.2, 0) is 9.59 Å². The number of piperidine rings is 1. The minimum Gasteiger partial charge on any atom is -0.368 e. The summed E-state index contributed by atoms with van der Waals surface area (Å²) in [6, 6.07) is 7.11. The highest BCUT2D eigenvalue weighted by atomic mass is 35.5. The number of thioether (sulfide) groups is 1. The quantitative estimate of drug-likeness (QED) is 0.846. The Kier molecular flexibility index (Phi) is 5.94. The SMILES string of the molecule is NC(=O)C1CCCCN1C(=O)CCSc1ccc(Cl)cc1. The second kappa shape index (κ2) is 7.71. The molecule has 0 aromatic heterocycles. The van der Waals surface area contributed by atoms with E-state index in [0.717, 1.165) is 17.7 Å². The summed E-state index contributed by atoms with van der Waals surface area (Å²) < 4.78 is 0. The van der Waals surface area contributed by atoms with E-state index in [4.69, 9.17) is 17.3 Å². The molecule has 114 valence electrons. The second-order valence-electron chi connectivity index (χ2n) is 5.05. The fourth-order valence-corrected chi connectivity index (χ4v) is 3.42. The van der Waals surface area contributed by atoms with Crippen molar-refractivity contribution in [2.75, 3.05) is 12.3 Å². The number of halogens is 1. The first-order valence-electron chi connectivity index (χ1n) is 7.05. The van der Waals surface area contributed by atoms with Crippen molar-refractivity contribution >= 4 is 35.2 Å². The highest BCUT2D eigenvalue weighted by Gasteiger charge is 2.29. The topological polar surface area (TPSA) is 63.4 Å². The van der Waals surface area contributed by atoms with Crippen LogP contribution in [0, 0.1) is 0 Å². The molecule has 1 fully saturated rings. The van der Waals surface area contributed by atoms with Crippen LogP contribution in [0.5, 0.6) is 0 Å². The Balaban J connectivity index is 1.83. The van der Waals surface area contributed by atoms with Crippen LogP contribution < -0.4 is 5.73 Å². The van der Waals surface area contributed by atoms with Gasteiger partial charge in [-0.15, -0.1) is 11.8 Å². The van der Waals surface area contributed by atoms with Gasteiger partial charge in [-0.1, -0.05) is 11.6 Å². The number of carbonyl (C=O) groups excluding carboxylic acids is 2. The van der Waals surface area contributed by atoms with Crippen LogP contribution in [0.4, 0.5) is 0 Å². The maximum Gasteiger partial charge on any atom is 0.240 e. The van der Waals surface area contributed by atoms with Gasteiger partial charge in [0.05, 0.1) is 0 Å². The number of carbonyl (C=O) groups is 2. The first kappa shape index (κ1) is 16.2. The minimum absolute atomic E-state index is 0.0139. The van der Waals surface area contributed by atoms with Crippen molar-refractivity contribution < 1.29 is 9.59 Å². The van der Waals surface area contributed by atoms with Crippen molar-refractivity contribution in [3.05, 3.63) is 29.3 Å². The van der Waals surface area contributed by atoms with Crippen LogP contribution in [0.15, 0.2) is 29.2 Å². The maximum absolute atomic E-state index is 12.2. The molecule has 2 rings (SSSR count). The van der Waals surface area contributed by atoms with Gasteiger partial charge in [0.1, 0.15) is 6.04 Å². The number of nitrogens with zero attached hydrogens (tertiary/aromatic N) is 1. The first-order valence-corrected chi connectivity index (χ1v) is 8.41. The van der Waals surface area contributed by atoms with E-state index in [1.807, 2.05) is 24.3 Å². The largest absolute Gasteiger partial charge is 0.368 e.